The molecule has 0 aliphatic carbocycles. The number of aromatic nitrogens is 2. The summed E-state index contributed by atoms with van der Waals surface area (Å²) in [4.78, 5) is 17.0. The first-order chi connectivity index (χ1) is 9.44. The molecule has 3 N–H and O–H groups in total. The number of aromatic amines is 1. The molecule has 0 spiro atoms. The maximum absolute atomic E-state index is 11.9. The molecule has 20 heavy (non-hydrogen) atoms. The number of imidazole rings is 1. The number of carboxylic acids is 1. The number of sulfonamides is 1. The highest BCUT2D eigenvalue weighted by atomic mass is 32.2. The highest BCUT2D eigenvalue weighted by Crippen LogP contribution is 2.24. The second-order valence-electron chi connectivity index (χ2n) is 3.74. The van der Waals surface area contributed by atoms with E-state index in [1.165, 1.54) is 31.6 Å². The number of H-pyrrole nitrogens is 1. The van der Waals surface area contributed by atoms with Crippen molar-refractivity contribution in [2.75, 3.05) is 11.8 Å². The van der Waals surface area contributed by atoms with E-state index in [1.54, 1.807) is 0 Å². The number of nitrogens with zero attached hydrogens (tertiary/aromatic N) is 1. The van der Waals surface area contributed by atoms with Crippen LogP contribution in [0.5, 0.6) is 5.75 Å². The maximum Gasteiger partial charge on any atom is 0.339 e. The van der Waals surface area contributed by atoms with Crippen molar-refractivity contribution < 1.29 is 23.1 Å². The van der Waals surface area contributed by atoms with Gasteiger partial charge >= 0.3 is 5.97 Å². The third kappa shape index (κ3) is 2.72. The zero-order valence-corrected chi connectivity index (χ0v) is 11.1. The predicted molar refractivity (Wildman–Crippen MR) is 69.3 cm³/mol. The Kier molecular flexibility index (Phi) is 3.61. The van der Waals surface area contributed by atoms with Crippen LogP contribution < -0.4 is 9.46 Å². The Morgan fingerprint density at radius 1 is 1.45 bits per heavy atom. The molecular formula is C11H11N3O5S. The lowest BCUT2D eigenvalue weighted by Crippen LogP contribution is -2.13. The third-order valence-corrected chi connectivity index (χ3v) is 3.75. The largest absolute Gasteiger partial charge is 0.496 e. The fraction of sp³-hybridized carbons (Fsp3) is 0.0909. The molecule has 0 saturated heterocycles. The zero-order chi connectivity index (χ0) is 14.8. The van der Waals surface area contributed by atoms with Gasteiger partial charge in [0.05, 0.1) is 25.3 Å². The number of aromatic carboxylic acids is 1. The van der Waals surface area contributed by atoms with Crippen LogP contribution in [0, 0.1) is 0 Å². The van der Waals surface area contributed by atoms with Crippen molar-refractivity contribution in [2.45, 2.75) is 5.03 Å². The summed E-state index contributed by atoms with van der Waals surface area (Å²) in [6.45, 7) is 0. The number of carboxylic acid groups (broad SMARTS) is 1. The number of hydrogen-bond donors (Lipinski definition) is 3. The Morgan fingerprint density at radius 2 is 2.20 bits per heavy atom. The van der Waals surface area contributed by atoms with Gasteiger partial charge in [-0.05, 0) is 12.1 Å². The van der Waals surface area contributed by atoms with E-state index < -0.39 is 16.0 Å². The molecule has 0 bridgehead atoms. The molecule has 1 aromatic heterocycles. The van der Waals surface area contributed by atoms with Crippen LogP contribution in [0.3, 0.4) is 0 Å². The Balaban J connectivity index is 2.34. The SMILES string of the molecule is COc1cc(NS(=O)(=O)c2cnc[nH]2)ccc1C(=O)O. The van der Waals surface area contributed by atoms with Crippen LogP contribution in [0.1, 0.15) is 10.4 Å². The molecule has 9 heteroatoms. The topological polar surface area (TPSA) is 121 Å². The Morgan fingerprint density at radius 3 is 2.75 bits per heavy atom. The number of carbonyl (C=O) groups is 1. The van der Waals surface area contributed by atoms with Crippen molar-refractivity contribution in [1.82, 2.24) is 9.97 Å². The van der Waals surface area contributed by atoms with Gasteiger partial charge in [-0.2, -0.15) is 8.42 Å². The van der Waals surface area contributed by atoms with Crippen molar-refractivity contribution in [2.24, 2.45) is 0 Å². The fourth-order valence-corrected chi connectivity index (χ4v) is 2.49. The summed E-state index contributed by atoms with van der Waals surface area (Å²) in [6, 6.07) is 3.88. The molecule has 1 heterocycles. The first kappa shape index (κ1) is 13.9. The first-order valence-corrected chi connectivity index (χ1v) is 6.85. The number of anilines is 1. The Bertz CT molecular complexity index is 725. The molecule has 0 unspecified atom stereocenters. The molecule has 0 aliphatic rings. The van der Waals surface area contributed by atoms with Gasteiger partial charge in [0.2, 0.25) is 0 Å². The van der Waals surface area contributed by atoms with Crippen LogP contribution in [-0.2, 0) is 10.0 Å². The summed E-state index contributed by atoms with van der Waals surface area (Å²) >= 11 is 0. The van der Waals surface area contributed by atoms with Crippen LogP contribution in [-0.4, -0.2) is 36.6 Å². The number of nitrogens with one attached hydrogen (secondary N) is 2. The average molecular weight is 297 g/mol. The summed E-state index contributed by atoms with van der Waals surface area (Å²) in [5, 5.41) is 8.84. The predicted octanol–water partition coefficient (Wildman–Crippen LogP) is 0.917. The van der Waals surface area contributed by atoms with E-state index in [9.17, 15) is 13.2 Å². The van der Waals surface area contributed by atoms with Crippen molar-refractivity contribution in [3.05, 3.63) is 36.3 Å². The third-order valence-electron chi connectivity index (χ3n) is 2.45. The van der Waals surface area contributed by atoms with Gasteiger partial charge in [-0.15, -0.1) is 0 Å². The fourth-order valence-electron chi connectivity index (χ4n) is 1.53. The van der Waals surface area contributed by atoms with Gasteiger partial charge in [-0.25, -0.2) is 9.78 Å². The van der Waals surface area contributed by atoms with E-state index in [2.05, 4.69) is 14.7 Å². The molecule has 2 aromatic rings. The highest BCUT2D eigenvalue weighted by molar-refractivity contribution is 7.92. The number of ether oxygens (including phenoxy) is 1. The van der Waals surface area contributed by atoms with Gasteiger partial charge in [-0.1, -0.05) is 0 Å². The number of rotatable bonds is 5. The lowest BCUT2D eigenvalue weighted by Gasteiger charge is -2.09. The van der Waals surface area contributed by atoms with Crippen molar-refractivity contribution in [3.63, 3.8) is 0 Å². The summed E-state index contributed by atoms with van der Waals surface area (Å²) in [7, 11) is -2.50. The molecule has 1 aromatic carbocycles. The van der Waals surface area contributed by atoms with Gasteiger partial charge in [0.15, 0.2) is 5.03 Å². The second-order valence-corrected chi connectivity index (χ2v) is 5.39. The molecule has 0 saturated carbocycles. The van der Waals surface area contributed by atoms with Crippen LogP contribution in [0.4, 0.5) is 5.69 Å². The van der Waals surface area contributed by atoms with Crippen molar-refractivity contribution in [1.29, 1.82) is 0 Å². The minimum Gasteiger partial charge on any atom is -0.496 e. The summed E-state index contributed by atoms with van der Waals surface area (Å²) < 4.78 is 31.1. The molecule has 0 radical (unpaired) electrons. The van der Waals surface area contributed by atoms with E-state index in [0.717, 1.165) is 6.20 Å². The van der Waals surface area contributed by atoms with E-state index in [4.69, 9.17) is 9.84 Å². The standard InChI is InChI=1S/C11H11N3O5S/c1-19-9-4-7(2-3-8(9)11(15)16)14-20(17,18)10-5-12-6-13-10/h2-6,14H,1H3,(H,12,13)(H,15,16). The van der Waals surface area contributed by atoms with Crippen LogP contribution in [0.15, 0.2) is 35.7 Å². The number of methoxy groups -OCH3 is 1. The second kappa shape index (κ2) is 5.21. The normalized spacial score (nSPS) is 11.1. The lowest BCUT2D eigenvalue weighted by atomic mass is 10.2. The molecule has 0 aliphatic heterocycles. The van der Waals surface area contributed by atoms with Gasteiger partial charge in [-0.3, -0.25) is 4.72 Å². The van der Waals surface area contributed by atoms with Gasteiger partial charge in [0.1, 0.15) is 11.3 Å². The van der Waals surface area contributed by atoms with E-state index in [-0.39, 0.29) is 22.0 Å². The zero-order valence-electron chi connectivity index (χ0n) is 10.3. The molecular weight excluding hydrogens is 286 g/mol. The molecule has 8 nitrogen and oxygen atoms in total. The monoisotopic (exact) mass is 297 g/mol. The van der Waals surface area contributed by atoms with Crippen molar-refractivity contribution in [3.8, 4) is 5.75 Å². The molecule has 106 valence electrons. The smallest absolute Gasteiger partial charge is 0.339 e. The molecule has 0 fully saturated rings. The van der Waals surface area contributed by atoms with E-state index >= 15 is 0 Å². The van der Waals surface area contributed by atoms with Crippen LogP contribution in [0.25, 0.3) is 0 Å². The Labute approximate surface area is 114 Å². The summed E-state index contributed by atoms with van der Waals surface area (Å²) in [5.74, 6) is -1.10. The van der Waals surface area contributed by atoms with E-state index in [1.807, 2.05) is 0 Å². The minimum absolute atomic E-state index is 0.0577. The number of hydrogen-bond acceptors (Lipinski definition) is 5. The first-order valence-electron chi connectivity index (χ1n) is 5.36. The molecule has 0 atom stereocenters. The van der Waals surface area contributed by atoms with Gasteiger partial charge < -0.3 is 14.8 Å². The average Bonchev–Trinajstić information content (AvgIpc) is 2.92. The van der Waals surface area contributed by atoms with E-state index in [0.29, 0.717) is 0 Å². The number of benzene rings is 1. The summed E-state index contributed by atoms with van der Waals surface area (Å²) in [6.07, 6.45) is 2.40. The van der Waals surface area contributed by atoms with Crippen LogP contribution >= 0.6 is 0 Å². The lowest BCUT2D eigenvalue weighted by molar-refractivity contribution is 0.0693. The quantitative estimate of drug-likeness (QED) is 0.754. The molecule has 2 rings (SSSR count). The van der Waals surface area contributed by atoms with Gasteiger partial charge in [0, 0.05) is 6.07 Å². The molecule has 0 amide bonds. The summed E-state index contributed by atoms with van der Waals surface area (Å²) in [5.41, 5.74) is 0.124. The maximum atomic E-state index is 11.9. The Hall–Kier alpha value is -2.55. The van der Waals surface area contributed by atoms with Crippen molar-refractivity contribution >= 4 is 21.7 Å². The van der Waals surface area contributed by atoms with Gasteiger partial charge in [0.25, 0.3) is 10.0 Å². The minimum atomic E-state index is -3.80. The highest BCUT2D eigenvalue weighted by Gasteiger charge is 2.17. The van der Waals surface area contributed by atoms with Crippen LogP contribution in [0.2, 0.25) is 0 Å².